The predicted octanol–water partition coefficient (Wildman–Crippen LogP) is 4.79. The number of imidazole rings is 1. The Balaban J connectivity index is 1.98. The highest BCUT2D eigenvalue weighted by molar-refractivity contribution is 7.23. The molecule has 0 N–H and O–H groups in total. The van der Waals surface area contributed by atoms with Gasteiger partial charge in [-0.3, -0.25) is 4.40 Å². The molecular weight excluding hydrogens is 348 g/mol. The Hall–Kier alpha value is -2.86. The molecule has 0 saturated heterocycles. The van der Waals surface area contributed by atoms with Gasteiger partial charge in [-0.1, -0.05) is 41.7 Å². The van der Waals surface area contributed by atoms with Crippen LogP contribution in [0.15, 0.2) is 48.5 Å². The molecule has 0 aliphatic heterocycles. The zero-order chi connectivity index (χ0) is 18.1. The van der Waals surface area contributed by atoms with Crippen molar-refractivity contribution in [1.82, 2.24) is 9.38 Å². The molecule has 2 aromatic carbocycles. The number of esters is 1. The van der Waals surface area contributed by atoms with Gasteiger partial charge < -0.3 is 9.47 Å². The highest BCUT2D eigenvalue weighted by Gasteiger charge is 2.24. The second-order valence-corrected chi connectivity index (χ2v) is 6.69. The van der Waals surface area contributed by atoms with Crippen molar-refractivity contribution in [3.8, 4) is 17.0 Å². The van der Waals surface area contributed by atoms with Gasteiger partial charge in [-0.05, 0) is 32.0 Å². The molecule has 0 saturated carbocycles. The van der Waals surface area contributed by atoms with Crippen molar-refractivity contribution >= 4 is 32.5 Å². The predicted molar refractivity (Wildman–Crippen MR) is 103 cm³/mol. The number of ether oxygens (including phenoxy) is 2. The molecule has 26 heavy (non-hydrogen) atoms. The van der Waals surface area contributed by atoms with Crippen LogP contribution in [-0.4, -0.2) is 28.6 Å². The minimum Gasteiger partial charge on any atom is -0.494 e. The van der Waals surface area contributed by atoms with Crippen LogP contribution in [0, 0.1) is 0 Å². The number of aromatic nitrogens is 2. The molecule has 0 atom stereocenters. The lowest BCUT2D eigenvalue weighted by Crippen LogP contribution is -2.09. The number of hydrogen-bond donors (Lipinski definition) is 0. The minimum absolute atomic E-state index is 0.316. The monoisotopic (exact) mass is 366 g/mol. The maximum atomic E-state index is 12.7. The van der Waals surface area contributed by atoms with Crippen LogP contribution in [0.25, 0.3) is 26.4 Å². The Morgan fingerprint density at radius 3 is 2.65 bits per heavy atom. The third kappa shape index (κ3) is 2.72. The third-order valence-electron chi connectivity index (χ3n) is 4.05. The minimum atomic E-state index is -0.368. The van der Waals surface area contributed by atoms with Gasteiger partial charge in [0, 0.05) is 5.56 Å². The summed E-state index contributed by atoms with van der Waals surface area (Å²) in [5.74, 6) is 0.443. The lowest BCUT2D eigenvalue weighted by Gasteiger charge is -2.06. The fourth-order valence-corrected chi connectivity index (χ4v) is 4.05. The Kier molecular flexibility index (Phi) is 4.34. The van der Waals surface area contributed by atoms with Crippen LogP contribution in [0.4, 0.5) is 0 Å². The zero-order valence-electron chi connectivity index (χ0n) is 14.6. The summed E-state index contributed by atoms with van der Waals surface area (Å²) in [4.78, 5) is 18.2. The number of carbonyl (C=O) groups excluding carboxylic acids is 1. The smallest absolute Gasteiger partial charge is 0.357 e. The summed E-state index contributed by atoms with van der Waals surface area (Å²) in [6, 6.07) is 15.6. The topological polar surface area (TPSA) is 52.8 Å². The molecule has 0 spiro atoms. The molecule has 4 aromatic rings. The third-order valence-corrected chi connectivity index (χ3v) is 5.05. The van der Waals surface area contributed by atoms with Crippen LogP contribution in [0.1, 0.15) is 24.3 Å². The van der Waals surface area contributed by atoms with Gasteiger partial charge in [-0.2, -0.15) is 0 Å². The van der Waals surface area contributed by atoms with Crippen LogP contribution in [0.3, 0.4) is 0 Å². The molecule has 0 radical (unpaired) electrons. The van der Waals surface area contributed by atoms with E-state index in [0.717, 1.165) is 26.5 Å². The van der Waals surface area contributed by atoms with Crippen LogP contribution >= 0.6 is 11.3 Å². The highest BCUT2D eigenvalue weighted by atomic mass is 32.1. The molecule has 6 heteroatoms. The van der Waals surface area contributed by atoms with E-state index < -0.39 is 0 Å². The van der Waals surface area contributed by atoms with E-state index in [4.69, 9.17) is 14.5 Å². The molecule has 2 aromatic heterocycles. The Morgan fingerprint density at radius 1 is 1.12 bits per heavy atom. The summed E-state index contributed by atoms with van der Waals surface area (Å²) < 4.78 is 13.8. The van der Waals surface area contributed by atoms with Crippen LogP contribution in [-0.2, 0) is 4.74 Å². The van der Waals surface area contributed by atoms with Gasteiger partial charge in [0.15, 0.2) is 10.7 Å². The number of hydrogen-bond acceptors (Lipinski definition) is 5. The van der Waals surface area contributed by atoms with Crippen LogP contribution in [0.5, 0.6) is 5.75 Å². The average molecular weight is 366 g/mol. The molecule has 2 heterocycles. The Bertz CT molecular complexity index is 1080. The van der Waals surface area contributed by atoms with Crippen molar-refractivity contribution < 1.29 is 14.3 Å². The van der Waals surface area contributed by atoms with E-state index in [9.17, 15) is 4.79 Å². The van der Waals surface area contributed by atoms with Crippen molar-refractivity contribution in [2.24, 2.45) is 0 Å². The van der Waals surface area contributed by atoms with E-state index in [0.29, 0.717) is 24.6 Å². The first-order valence-electron chi connectivity index (χ1n) is 8.53. The van der Waals surface area contributed by atoms with Crippen molar-refractivity contribution in [3.63, 3.8) is 0 Å². The first-order valence-corrected chi connectivity index (χ1v) is 9.35. The number of nitrogens with zero attached hydrogens (tertiary/aromatic N) is 2. The molecular formula is C20H18N2O3S. The van der Waals surface area contributed by atoms with Crippen molar-refractivity contribution in [1.29, 1.82) is 0 Å². The molecule has 5 nitrogen and oxygen atoms in total. The van der Waals surface area contributed by atoms with Gasteiger partial charge in [0.2, 0.25) is 0 Å². The number of fused-ring (bicyclic) bond motifs is 3. The normalized spacial score (nSPS) is 11.2. The summed E-state index contributed by atoms with van der Waals surface area (Å²) in [6.07, 6.45) is 0. The molecule has 0 bridgehead atoms. The SMILES string of the molecule is CCOC(=O)c1c(-c2ccccc2)nc2sc3cc(OCC)ccc3n12. The van der Waals surface area contributed by atoms with Gasteiger partial charge in [0.05, 0.1) is 23.4 Å². The Morgan fingerprint density at radius 2 is 1.92 bits per heavy atom. The summed E-state index contributed by atoms with van der Waals surface area (Å²) >= 11 is 1.53. The largest absolute Gasteiger partial charge is 0.494 e. The molecule has 0 aliphatic rings. The summed E-state index contributed by atoms with van der Waals surface area (Å²) in [7, 11) is 0. The van der Waals surface area contributed by atoms with E-state index in [1.807, 2.05) is 59.9 Å². The lowest BCUT2D eigenvalue weighted by atomic mass is 10.1. The number of carbonyl (C=O) groups is 1. The summed E-state index contributed by atoms with van der Waals surface area (Å²) in [6.45, 7) is 4.69. The van der Waals surface area contributed by atoms with Crippen molar-refractivity contribution in [3.05, 3.63) is 54.2 Å². The lowest BCUT2D eigenvalue weighted by molar-refractivity contribution is 0.0520. The van der Waals surface area contributed by atoms with Crippen LogP contribution in [0.2, 0.25) is 0 Å². The maximum absolute atomic E-state index is 12.7. The Labute approximate surface area is 154 Å². The fourth-order valence-electron chi connectivity index (χ4n) is 2.99. The van der Waals surface area contributed by atoms with Gasteiger partial charge in [0.25, 0.3) is 0 Å². The van der Waals surface area contributed by atoms with Gasteiger partial charge in [-0.25, -0.2) is 9.78 Å². The summed E-state index contributed by atoms with van der Waals surface area (Å²) in [5.41, 5.74) is 2.92. The molecule has 0 fully saturated rings. The summed E-state index contributed by atoms with van der Waals surface area (Å²) in [5, 5.41) is 0. The highest BCUT2D eigenvalue weighted by Crippen LogP contribution is 2.35. The number of benzene rings is 2. The number of thiazole rings is 1. The van der Waals surface area contributed by atoms with Crippen LogP contribution < -0.4 is 4.74 Å². The van der Waals surface area contributed by atoms with E-state index in [1.165, 1.54) is 11.3 Å². The average Bonchev–Trinajstić information content (AvgIpc) is 3.18. The van der Waals surface area contributed by atoms with E-state index in [2.05, 4.69) is 0 Å². The molecule has 4 rings (SSSR count). The standard InChI is InChI=1S/C20H18N2O3S/c1-3-24-14-10-11-15-16(12-14)26-20-21-17(13-8-6-5-7-9-13)18(22(15)20)19(23)25-4-2/h5-12H,3-4H2,1-2H3. The van der Waals surface area contributed by atoms with Gasteiger partial charge in [-0.15, -0.1) is 0 Å². The molecule has 0 aliphatic carbocycles. The second-order valence-electron chi connectivity index (χ2n) is 5.68. The van der Waals surface area contributed by atoms with Crippen molar-refractivity contribution in [2.75, 3.05) is 13.2 Å². The molecule has 0 amide bonds. The second kappa shape index (κ2) is 6.80. The fraction of sp³-hybridized carbons (Fsp3) is 0.200. The maximum Gasteiger partial charge on any atom is 0.357 e. The van der Waals surface area contributed by atoms with Crippen molar-refractivity contribution in [2.45, 2.75) is 13.8 Å². The van der Waals surface area contributed by atoms with Gasteiger partial charge in [0.1, 0.15) is 11.4 Å². The molecule has 132 valence electrons. The number of rotatable bonds is 5. The first kappa shape index (κ1) is 16.6. The van der Waals surface area contributed by atoms with E-state index in [1.54, 1.807) is 6.92 Å². The zero-order valence-corrected chi connectivity index (χ0v) is 15.4. The van der Waals surface area contributed by atoms with E-state index in [-0.39, 0.29) is 5.97 Å². The van der Waals surface area contributed by atoms with Gasteiger partial charge >= 0.3 is 5.97 Å². The quantitative estimate of drug-likeness (QED) is 0.477. The molecule has 0 unspecified atom stereocenters. The first-order chi connectivity index (χ1) is 12.7. The van der Waals surface area contributed by atoms with E-state index >= 15 is 0 Å².